The maximum Gasteiger partial charge on any atom is 0.255 e. The van der Waals surface area contributed by atoms with Crippen LogP contribution in [0.1, 0.15) is 32.9 Å². The predicted octanol–water partition coefficient (Wildman–Crippen LogP) is 4.71. The van der Waals surface area contributed by atoms with Crippen molar-refractivity contribution in [1.82, 2.24) is 19.6 Å². The summed E-state index contributed by atoms with van der Waals surface area (Å²) >= 11 is 6.22. The van der Waals surface area contributed by atoms with E-state index in [-0.39, 0.29) is 5.91 Å². The third-order valence-corrected chi connectivity index (χ3v) is 5.76. The topological polar surface area (TPSA) is 74.0 Å². The first-order chi connectivity index (χ1) is 15.4. The Balaban J connectivity index is 1.38. The molecule has 1 amide bonds. The Bertz CT molecular complexity index is 1240. The Kier molecular flexibility index (Phi) is 6.28. The highest BCUT2D eigenvalue weighted by molar-refractivity contribution is 6.31. The summed E-state index contributed by atoms with van der Waals surface area (Å²) in [5, 5.41) is 12.4. The molecule has 2 heterocycles. The van der Waals surface area contributed by atoms with Gasteiger partial charge in [-0.1, -0.05) is 35.9 Å². The van der Waals surface area contributed by atoms with Crippen LogP contribution in [0.25, 0.3) is 0 Å². The van der Waals surface area contributed by atoms with Crippen molar-refractivity contribution >= 4 is 23.2 Å². The Labute approximate surface area is 191 Å². The van der Waals surface area contributed by atoms with Crippen LogP contribution >= 0.6 is 11.6 Å². The minimum absolute atomic E-state index is 0.188. The van der Waals surface area contributed by atoms with Crippen molar-refractivity contribution in [2.45, 2.75) is 26.9 Å². The van der Waals surface area contributed by atoms with E-state index in [4.69, 9.17) is 16.3 Å². The number of aryl methyl sites for hydroxylation is 1. The smallest absolute Gasteiger partial charge is 0.255 e. The van der Waals surface area contributed by atoms with Crippen molar-refractivity contribution in [1.29, 1.82) is 0 Å². The van der Waals surface area contributed by atoms with E-state index in [1.54, 1.807) is 36.3 Å². The van der Waals surface area contributed by atoms with Gasteiger partial charge in [-0.2, -0.15) is 10.2 Å². The molecule has 0 fully saturated rings. The van der Waals surface area contributed by atoms with Crippen LogP contribution < -0.4 is 10.1 Å². The molecule has 0 unspecified atom stereocenters. The molecule has 1 N–H and O–H groups in total. The molecule has 0 spiro atoms. The van der Waals surface area contributed by atoms with Gasteiger partial charge < -0.3 is 10.1 Å². The first kappa shape index (κ1) is 21.6. The number of amides is 1. The standard InChI is InChI=1S/C24H24ClN5O2/c1-16-23(25)17(2)30(28-16)14-18-7-9-20(10-8-18)24(31)27-21-12-26-29(15-21)13-19-5-4-6-22(11-19)32-3/h4-12,15H,13-14H2,1-3H3,(H,27,31). The second kappa shape index (κ2) is 9.28. The molecule has 2 aromatic heterocycles. The number of nitrogens with one attached hydrogen (secondary N) is 1. The summed E-state index contributed by atoms with van der Waals surface area (Å²) < 4.78 is 8.89. The van der Waals surface area contributed by atoms with Crippen molar-refractivity contribution in [3.05, 3.63) is 94.0 Å². The Morgan fingerprint density at radius 2 is 1.88 bits per heavy atom. The van der Waals surface area contributed by atoms with Gasteiger partial charge in [-0.05, 0) is 49.2 Å². The summed E-state index contributed by atoms with van der Waals surface area (Å²) in [4.78, 5) is 12.6. The van der Waals surface area contributed by atoms with Crippen molar-refractivity contribution in [2.24, 2.45) is 0 Å². The molecule has 32 heavy (non-hydrogen) atoms. The number of hydrogen-bond donors (Lipinski definition) is 1. The number of carbonyl (C=O) groups is 1. The molecule has 4 rings (SSSR count). The van der Waals surface area contributed by atoms with Crippen molar-refractivity contribution in [3.63, 3.8) is 0 Å². The third kappa shape index (κ3) is 4.84. The Morgan fingerprint density at radius 1 is 1.09 bits per heavy atom. The SMILES string of the molecule is COc1cccc(Cn2cc(NC(=O)c3ccc(Cn4nc(C)c(Cl)c4C)cc3)cn2)c1. The molecule has 0 bridgehead atoms. The van der Waals surface area contributed by atoms with E-state index in [2.05, 4.69) is 15.5 Å². The van der Waals surface area contributed by atoms with Crippen LogP contribution in [-0.4, -0.2) is 32.6 Å². The molecule has 0 aliphatic rings. The predicted molar refractivity (Wildman–Crippen MR) is 125 cm³/mol. The molecular weight excluding hydrogens is 426 g/mol. The van der Waals surface area contributed by atoms with Gasteiger partial charge in [0.2, 0.25) is 0 Å². The number of methoxy groups -OCH3 is 1. The third-order valence-electron chi connectivity index (χ3n) is 5.21. The lowest BCUT2D eigenvalue weighted by atomic mass is 10.1. The minimum Gasteiger partial charge on any atom is -0.497 e. The van der Waals surface area contributed by atoms with E-state index < -0.39 is 0 Å². The average Bonchev–Trinajstić information content (AvgIpc) is 3.33. The van der Waals surface area contributed by atoms with Gasteiger partial charge in [0.25, 0.3) is 5.91 Å². The molecule has 7 nitrogen and oxygen atoms in total. The summed E-state index contributed by atoms with van der Waals surface area (Å²) in [6, 6.07) is 15.3. The van der Waals surface area contributed by atoms with Gasteiger partial charge in [-0.15, -0.1) is 0 Å². The second-order valence-corrected chi connectivity index (χ2v) is 7.95. The van der Waals surface area contributed by atoms with Gasteiger partial charge in [-0.3, -0.25) is 14.2 Å². The lowest BCUT2D eigenvalue weighted by Crippen LogP contribution is -2.12. The van der Waals surface area contributed by atoms with Crippen LogP contribution in [-0.2, 0) is 13.1 Å². The molecule has 164 valence electrons. The van der Waals surface area contributed by atoms with E-state index in [0.29, 0.717) is 29.4 Å². The number of anilines is 1. The lowest BCUT2D eigenvalue weighted by molar-refractivity contribution is 0.102. The average molecular weight is 450 g/mol. The fourth-order valence-electron chi connectivity index (χ4n) is 3.44. The van der Waals surface area contributed by atoms with Gasteiger partial charge in [0, 0.05) is 11.8 Å². The maximum absolute atomic E-state index is 12.6. The zero-order chi connectivity index (χ0) is 22.7. The highest BCUT2D eigenvalue weighted by Crippen LogP contribution is 2.20. The first-order valence-electron chi connectivity index (χ1n) is 10.2. The minimum atomic E-state index is -0.188. The number of benzene rings is 2. The fourth-order valence-corrected chi connectivity index (χ4v) is 3.57. The summed E-state index contributed by atoms with van der Waals surface area (Å²) in [5.41, 5.74) is 5.05. The second-order valence-electron chi connectivity index (χ2n) is 7.57. The van der Waals surface area contributed by atoms with Crippen LogP contribution in [0.15, 0.2) is 60.9 Å². The number of carbonyl (C=O) groups excluding carboxylic acids is 1. The number of nitrogens with zero attached hydrogens (tertiary/aromatic N) is 4. The number of rotatable bonds is 7. The van der Waals surface area contributed by atoms with Gasteiger partial charge >= 0.3 is 0 Å². The summed E-state index contributed by atoms with van der Waals surface area (Å²) in [6.45, 7) is 5.01. The van der Waals surface area contributed by atoms with Crippen LogP contribution in [0.4, 0.5) is 5.69 Å². The molecule has 0 atom stereocenters. The van der Waals surface area contributed by atoms with E-state index in [1.165, 1.54) is 0 Å². The van der Waals surface area contributed by atoms with Gasteiger partial charge in [-0.25, -0.2) is 0 Å². The van der Waals surface area contributed by atoms with Gasteiger partial charge in [0.05, 0.1) is 48.5 Å². The molecule has 8 heteroatoms. The summed E-state index contributed by atoms with van der Waals surface area (Å²) in [5.74, 6) is 0.610. The normalized spacial score (nSPS) is 10.9. The van der Waals surface area contributed by atoms with E-state index in [9.17, 15) is 4.79 Å². The van der Waals surface area contributed by atoms with Gasteiger partial charge in [0.1, 0.15) is 5.75 Å². The van der Waals surface area contributed by atoms with Crippen LogP contribution in [0.2, 0.25) is 5.02 Å². The molecule has 0 saturated carbocycles. The first-order valence-corrected chi connectivity index (χ1v) is 10.6. The van der Waals surface area contributed by atoms with Crippen molar-refractivity contribution in [2.75, 3.05) is 12.4 Å². The molecule has 0 radical (unpaired) electrons. The highest BCUT2D eigenvalue weighted by Gasteiger charge is 2.11. The zero-order valence-corrected chi connectivity index (χ0v) is 18.9. The van der Waals surface area contributed by atoms with E-state index >= 15 is 0 Å². The van der Waals surface area contributed by atoms with E-state index in [0.717, 1.165) is 28.3 Å². The quantitative estimate of drug-likeness (QED) is 0.443. The van der Waals surface area contributed by atoms with Crippen molar-refractivity contribution < 1.29 is 9.53 Å². The maximum atomic E-state index is 12.6. The van der Waals surface area contributed by atoms with Gasteiger partial charge in [0.15, 0.2) is 0 Å². The molecule has 2 aromatic carbocycles. The number of ether oxygens (including phenoxy) is 1. The number of hydrogen-bond acceptors (Lipinski definition) is 4. The fraction of sp³-hybridized carbons (Fsp3) is 0.208. The van der Waals surface area contributed by atoms with E-state index in [1.807, 2.05) is 54.9 Å². The number of halogens is 1. The Hall–Kier alpha value is -3.58. The van der Waals surface area contributed by atoms with Crippen LogP contribution in [0.5, 0.6) is 5.75 Å². The number of aromatic nitrogens is 4. The molecule has 0 aliphatic carbocycles. The monoisotopic (exact) mass is 449 g/mol. The Morgan fingerprint density at radius 3 is 2.56 bits per heavy atom. The van der Waals surface area contributed by atoms with Crippen molar-refractivity contribution in [3.8, 4) is 5.75 Å². The molecule has 0 saturated heterocycles. The molecule has 4 aromatic rings. The molecular formula is C24H24ClN5O2. The summed E-state index contributed by atoms with van der Waals surface area (Å²) in [7, 11) is 1.64. The largest absolute Gasteiger partial charge is 0.497 e. The highest BCUT2D eigenvalue weighted by atomic mass is 35.5. The summed E-state index contributed by atoms with van der Waals surface area (Å²) in [6.07, 6.45) is 3.44. The molecule has 0 aliphatic heterocycles. The zero-order valence-electron chi connectivity index (χ0n) is 18.2. The van der Waals surface area contributed by atoms with Crippen LogP contribution in [0.3, 0.4) is 0 Å². The van der Waals surface area contributed by atoms with Crippen LogP contribution in [0, 0.1) is 13.8 Å². The lowest BCUT2D eigenvalue weighted by Gasteiger charge is -2.07.